The molecule has 0 bridgehead atoms. The van der Waals surface area contributed by atoms with Crippen molar-refractivity contribution in [1.82, 2.24) is 10.2 Å². The number of aromatic amines is 2. The lowest BCUT2D eigenvalue weighted by atomic mass is 10.1. The molecule has 0 spiro atoms. The maximum atomic E-state index is 11.1. The quantitative estimate of drug-likeness (QED) is 0.771. The van der Waals surface area contributed by atoms with Crippen molar-refractivity contribution in [3.8, 4) is 11.3 Å². The van der Waals surface area contributed by atoms with Crippen molar-refractivity contribution >= 4 is 5.69 Å². The Bertz CT molecular complexity index is 592. The first-order valence-corrected chi connectivity index (χ1v) is 6.85. The molecule has 3 rings (SSSR count). The number of nitrogens with one attached hydrogen (secondary N) is 3. The van der Waals surface area contributed by atoms with Gasteiger partial charge >= 0.3 is 0 Å². The third-order valence-corrected chi connectivity index (χ3v) is 3.59. The molecule has 1 aliphatic carbocycles. The Morgan fingerprint density at radius 3 is 2.58 bits per heavy atom. The van der Waals surface area contributed by atoms with Gasteiger partial charge in [0.05, 0.1) is 5.69 Å². The van der Waals surface area contributed by atoms with Crippen LogP contribution in [0.25, 0.3) is 11.3 Å². The first kappa shape index (κ1) is 12.1. The summed E-state index contributed by atoms with van der Waals surface area (Å²) in [5.41, 5.74) is 2.87. The minimum atomic E-state index is -0.102. The van der Waals surface area contributed by atoms with Crippen molar-refractivity contribution in [1.29, 1.82) is 0 Å². The summed E-state index contributed by atoms with van der Waals surface area (Å²) in [4.78, 5) is 11.1. The topological polar surface area (TPSA) is 60.7 Å². The second-order valence-electron chi connectivity index (χ2n) is 5.47. The molecule has 1 fully saturated rings. The van der Waals surface area contributed by atoms with E-state index in [0.717, 1.165) is 22.9 Å². The number of rotatable bonds is 5. The van der Waals surface area contributed by atoms with Crippen molar-refractivity contribution in [3.63, 3.8) is 0 Å². The molecule has 0 amide bonds. The lowest BCUT2D eigenvalue weighted by Crippen LogP contribution is -2.15. The van der Waals surface area contributed by atoms with E-state index in [9.17, 15) is 4.79 Å². The highest BCUT2D eigenvalue weighted by molar-refractivity contribution is 5.62. The molecule has 19 heavy (non-hydrogen) atoms. The molecule has 0 saturated heterocycles. The maximum Gasteiger partial charge on any atom is 0.264 e. The highest BCUT2D eigenvalue weighted by Crippen LogP contribution is 2.34. The minimum Gasteiger partial charge on any atom is -0.383 e. The first-order chi connectivity index (χ1) is 9.20. The van der Waals surface area contributed by atoms with E-state index in [2.05, 4.69) is 34.6 Å². The molecule has 0 radical (unpaired) electrons. The van der Waals surface area contributed by atoms with E-state index in [1.807, 2.05) is 12.1 Å². The molecule has 1 atom stereocenters. The number of hydrogen-bond donors (Lipinski definition) is 3. The molecule has 1 aromatic carbocycles. The fourth-order valence-electron chi connectivity index (χ4n) is 2.43. The molecule has 4 heteroatoms. The highest BCUT2D eigenvalue weighted by Gasteiger charge is 2.23. The first-order valence-electron chi connectivity index (χ1n) is 6.85. The van der Waals surface area contributed by atoms with Crippen LogP contribution in [0.5, 0.6) is 0 Å². The maximum absolute atomic E-state index is 11.1. The molecular weight excluding hydrogens is 238 g/mol. The van der Waals surface area contributed by atoms with Gasteiger partial charge in [0.25, 0.3) is 5.56 Å². The summed E-state index contributed by atoms with van der Waals surface area (Å²) in [7, 11) is 0. The van der Waals surface area contributed by atoms with Gasteiger partial charge in [-0.25, -0.2) is 0 Å². The van der Waals surface area contributed by atoms with Gasteiger partial charge < -0.3 is 5.32 Å². The van der Waals surface area contributed by atoms with Crippen LogP contribution in [0.2, 0.25) is 0 Å². The van der Waals surface area contributed by atoms with Crippen LogP contribution in [0.1, 0.15) is 26.2 Å². The Kier molecular flexibility index (Phi) is 3.15. The van der Waals surface area contributed by atoms with Crippen LogP contribution in [-0.4, -0.2) is 16.2 Å². The molecular formula is C15H19N3O. The smallest absolute Gasteiger partial charge is 0.264 e. The zero-order valence-electron chi connectivity index (χ0n) is 11.1. The summed E-state index contributed by atoms with van der Waals surface area (Å²) >= 11 is 0. The Balaban J connectivity index is 1.66. The van der Waals surface area contributed by atoms with E-state index in [4.69, 9.17) is 0 Å². The van der Waals surface area contributed by atoms with E-state index in [1.54, 1.807) is 6.07 Å². The average Bonchev–Trinajstić information content (AvgIpc) is 3.09. The molecule has 1 heterocycles. The van der Waals surface area contributed by atoms with Crippen LogP contribution >= 0.6 is 0 Å². The molecule has 1 saturated carbocycles. The fraction of sp³-hybridized carbons (Fsp3) is 0.400. The summed E-state index contributed by atoms with van der Waals surface area (Å²) in [5, 5.41) is 8.92. The van der Waals surface area contributed by atoms with Crippen molar-refractivity contribution < 1.29 is 0 Å². The van der Waals surface area contributed by atoms with Crippen LogP contribution < -0.4 is 10.9 Å². The monoisotopic (exact) mass is 257 g/mol. The number of aromatic nitrogens is 2. The van der Waals surface area contributed by atoms with Gasteiger partial charge in [0.2, 0.25) is 0 Å². The van der Waals surface area contributed by atoms with Crippen molar-refractivity contribution in [2.75, 3.05) is 5.32 Å². The lowest BCUT2D eigenvalue weighted by molar-refractivity contribution is 0.642. The van der Waals surface area contributed by atoms with Crippen LogP contribution in [0.4, 0.5) is 5.69 Å². The largest absolute Gasteiger partial charge is 0.383 e. The molecule has 1 aromatic heterocycles. The van der Waals surface area contributed by atoms with Crippen LogP contribution in [0.15, 0.2) is 35.1 Å². The highest BCUT2D eigenvalue weighted by atomic mass is 16.1. The van der Waals surface area contributed by atoms with Gasteiger partial charge in [0, 0.05) is 17.8 Å². The molecule has 2 aromatic rings. The zero-order chi connectivity index (χ0) is 13.2. The fourth-order valence-corrected chi connectivity index (χ4v) is 2.43. The predicted molar refractivity (Wildman–Crippen MR) is 77.3 cm³/mol. The summed E-state index contributed by atoms with van der Waals surface area (Å²) in [6.07, 6.45) is 4.05. The normalized spacial score (nSPS) is 16.3. The molecule has 100 valence electrons. The van der Waals surface area contributed by atoms with Gasteiger partial charge in [-0.15, -0.1) is 0 Å². The molecule has 1 aliphatic rings. The Hall–Kier alpha value is -1.97. The third kappa shape index (κ3) is 3.08. The van der Waals surface area contributed by atoms with Crippen LogP contribution in [0.3, 0.4) is 0 Å². The summed E-state index contributed by atoms with van der Waals surface area (Å²) in [6.45, 7) is 2.23. The standard InChI is InChI=1S/C15H19N3O/c1-10(8-11-2-3-11)16-13-6-4-12(5-7-13)14-9-15(19)18-17-14/h4-7,9-11,16H,2-3,8H2,1H3,(H2,17,18,19). The number of benzene rings is 1. The molecule has 0 aliphatic heterocycles. The predicted octanol–water partition coefficient (Wildman–Crippen LogP) is 2.97. The van der Waals surface area contributed by atoms with Crippen molar-refractivity contribution in [2.45, 2.75) is 32.2 Å². The average molecular weight is 257 g/mol. The second kappa shape index (κ2) is 4.96. The summed E-state index contributed by atoms with van der Waals surface area (Å²) < 4.78 is 0. The van der Waals surface area contributed by atoms with Crippen molar-refractivity contribution in [2.24, 2.45) is 5.92 Å². The summed E-state index contributed by atoms with van der Waals surface area (Å²) in [6, 6.07) is 10.2. The zero-order valence-corrected chi connectivity index (χ0v) is 11.1. The van der Waals surface area contributed by atoms with E-state index in [-0.39, 0.29) is 5.56 Å². The van der Waals surface area contributed by atoms with E-state index in [0.29, 0.717) is 6.04 Å². The lowest BCUT2D eigenvalue weighted by Gasteiger charge is -2.15. The van der Waals surface area contributed by atoms with E-state index < -0.39 is 0 Å². The van der Waals surface area contributed by atoms with Gasteiger partial charge in [0.1, 0.15) is 0 Å². The van der Waals surface area contributed by atoms with Gasteiger partial charge in [-0.2, -0.15) is 0 Å². The van der Waals surface area contributed by atoms with Gasteiger partial charge in [0.15, 0.2) is 0 Å². The number of H-pyrrole nitrogens is 2. The van der Waals surface area contributed by atoms with E-state index in [1.165, 1.54) is 19.3 Å². The second-order valence-corrected chi connectivity index (χ2v) is 5.47. The summed E-state index contributed by atoms with van der Waals surface area (Å²) in [5.74, 6) is 0.937. The van der Waals surface area contributed by atoms with Crippen LogP contribution in [-0.2, 0) is 0 Å². The third-order valence-electron chi connectivity index (χ3n) is 3.59. The van der Waals surface area contributed by atoms with Crippen molar-refractivity contribution in [3.05, 3.63) is 40.7 Å². The number of anilines is 1. The Morgan fingerprint density at radius 1 is 1.26 bits per heavy atom. The van der Waals surface area contributed by atoms with Crippen LogP contribution in [0, 0.1) is 5.92 Å². The van der Waals surface area contributed by atoms with E-state index >= 15 is 0 Å². The van der Waals surface area contributed by atoms with Gasteiger partial charge in [-0.3, -0.25) is 15.0 Å². The molecule has 4 nitrogen and oxygen atoms in total. The molecule has 1 unspecified atom stereocenters. The Labute approximate surface area is 112 Å². The van der Waals surface area contributed by atoms with Gasteiger partial charge in [-0.05, 0) is 37.0 Å². The minimum absolute atomic E-state index is 0.102. The van der Waals surface area contributed by atoms with Gasteiger partial charge in [-0.1, -0.05) is 25.0 Å². The molecule has 3 N–H and O–H groups in total. The Morgan fingerprint density at radius 2 is 2.00 bits per heavy atom. The number of hydrogen-bond acceptors (Lipinski definition) is 2. The SMILES string of the molecule is CC(CC1CC1)Nc1ccc(-c2cc(=O)[nH][nH]2)cc1.